The van der Waals surface area contributed by atoms with Gasteiger partial charge in [0, 0.05) is 4.88 Å². The minimum atomic E-state index is -0.460. The van der Waals surface area contributed by atoms with Gasteiger partial charge in [-0.1, -0.05) is 17.7 Å². The van der Waals surface area contributed by atoms with E-state index >= 15 is 0 Å². The van der Waals surface area contributed by atoms with Crippen LogP contribution in [-0.4, -0.2) is 0 Å². The average molecular weight is 267 g/mol. The molecule has 0 spiro atoms. The number of benzene rings is 1. The standard InChI is InChI=1S/C12H8ClFN2S/c1-6-11(16)10(5-15)17-12(6)7-2-3-9(14)8(13)4-7/h2-4H,16H2,1H3. The van der Waals surface area contributed by atoms with Gasteiger partial charge in [0.1, 0.15) is 16.8 Å². The van der Waals surface area contributed by atoms with Gasteiger partial charge in [0.05, 0.1) is 10.7 Å². The van der Waals surface area contributed by atoms with Crippen LogP contribution in [0.5, 0.6) is 0 Å². The molecule has 1 aromatic heterocycles. The van der Waals surface area contributed by atoms with E-state index in [4.69, 9.17) is 22.6 Å². The Morgan fingerprint density at radius 2 is 2.18 bits per heavy atom. The molecule has 2 N–H and O–H groups in total. The molecule has 2 nitrogen and oxygen atoms in total. The van der Waals surface area contributed by atoms with Crippen LogP contribution in [0.2, 0.25) is 5.02 Å². The number of halogens is 2. The summed E-state index contributed by atoms with van der Waals surface area (Å²) in [4.78, 5) is 1.32. The van der Waals surface area contributed by atoms with E-state index in [0.29, 0.717) is 10.6 Å². The summed E-state index contributed by atoms with van der Waals surface area (Å²) in [6, 6.07) is 6.51. The molecule has 1 heterocycles. The molecule has 5 heteroatoms. The predicted octanol–water partition coefficient (Wildman–Crippen LogP) is 3.97. The monoisotopic (exact) mass is 266 g/mol. The third kappa shape index (κ3) is 1.99. The summed E-state index contributed by atoms with van der Waals surface area (Å²) < 4.78 is 13.1. The average Bonchev–Trinajstić information content (AvgIpc) is 2.60. The van der Waals surface area contributed by atoms with Crippen molar-refractivity contribution in [1.82, 2.24) is 0 Å². The van der Waals surface area contributed by atoms with Crippen molar-refractivity contribution >= 4 is 28.6 Å². The number of thiophene rings is 1. The predicted molar refractivity (Wildman–Crippen MR) is 68.6 cm³/mol. The van der Waals surface area contributed by atoms with Crippen LogP contribution in [0.25, 0.3) is 10.4 Å². The van der Waals surface area contributed by atoms with E-state index in [1.165, 1.54) is 23.5 Å². The number of hydrogen-bond donors (Lipinski definition) is 1. The van der Waals surface area contributed by atoms with Gasteiger partial charge in [-0.2, -0.15) is 5.26 Å². The molecule has 17 heavy (non-hydrogen) atoms. The molecule has 2 rings (SSSR count). The number of nitrogen functional groups attached to an aromatic ring is 1. The molecule has 0 aliphatic heterocycles. The SMILES string of the molecule is Cc1c(-c2ccc(F)c(Cl)c2)sc(C#N)c1N. The molecule has 0 radical (unpaired) electrons. The third-order valence-electron chi connectivity index (χ3n) is 2.48. The molecule has 1 aromatic carbocycles. The van der Waals surface area contributed by atoms with E-state index in [1.807, 2.05) is 13.0 Å². The van der Waals surface area contributed by atoms with Gasteiger partial charge in [-0.15, -0.1) is 11.3 Å². The molecule has 2 aromatic rings. The Labute approximate surface area is 107 Å². The maximum atomic E-state index is 13.1. The number of nitrogens with two attached hydrogens (primary N) is 1. The van der Waals surface area contributed by atoms with Crippen LogP contribution >= 0.6 is 22.9 Å². The Hall–Kier alpha value is -1.57. The Balaban J connectivity index is 2.61. The van der Waals surface area contributed by atoms with Gasteiger partial charge in [-0.05, 0) is 30.2 Å². The number of nitrogens with zero attached hydrogens (tertiary/aromatic N) is 1. The molecular formula is C12H8ClFN2S. The first-order valence-electron chi connectivity index (χ1n) is 4.79. The lowest BCUT2D eigenvalue weighted by atomic mass is 10.1. The summed E-state index contributed by atoms with van der Waals surface area (Å²) in [6.07, 6.45) is 0. The first kappa shape index (κ1) is 11.9. The molecule has 0 amide bonds. The summed E-state index contributed by atoms with van der Waals surface area (Å²) in [6.45, 7) is 1.83. The zero-order valence-electron chi connectivity index (χ0n) is 8.92. The Morgan fingerprint density at radius 1 is 1.47 bits per heavy atom. The summed E-state index contributed by atoms with van der Waals surface area (Å²) >= 11 is 7.02. The number of rotatable bonds is 1. The fourth-order valence-corrected chi connectivity index (χ4v) is 2.72. The molecule has 0 aliphatic rings. The fourth-order valence-electron chi connectivity index (χ4n) is 1.52. The van der Waals surface area contributed by atoms with E-state index in [9.17, 15) is 4.39 Å². The second kappa shape index (κ2) is 4.36. The van der Waals surface area contributed by atoms with Crippen molar-refractivity contribution in [3.8, 4) is 16.5 Å². The van der Waals surface area contributed by atoms with Crippen molar-refractivity contribution in [1.29, 1.82) is 5.26 Å². The van der Waals surface area contributed by atoms with Crippen LogP contribution in [0.3, 0.4) is 0 Å². The lowest BCUT2D eigenvalue weighted by Gasteiger charge is -2.01. The van der Waals surface area contributed by atoms with Gasteiger partial charge in [-0.25, -0.2) is 4.39 Å². The van der Waals surface area contributed by atoms with E-state index in [0.717, 1.165) is 16.0 Å². The second-order valence-corrected chi connectivity index (χ2v) is 4.97. The largest absolute Gasteiger partial charge is 0.397 e. The zero-order chi connectivity index (χ0) is 12.6. The van der Waals surface area contributed by atoms with Crippen LogP contribution in [-0.2, 0) is 0 Å². The van der Waals surface area contributed by atoms with E-state index < -0.39 is 5.82 Å². The maximum Gasteiger partial charge on any atom is 0.141 e. The smallest absolute Gasteiger partial charge is 0.141 e. The highest BCUT2D eigenvalue weighted by Crippen LogP contribution is 2.38. The summed E-state index contributed by atoms with van der Waals surface area (Å²) in [5.74, 6) is -0.460. The Kier molecular flexibility index (Phi) is 3.05. The zero-order valence-corrected chi connectivity index (χ0v) is 10.5. The van der Waals surface area contributed by atoms with Crippen molar-refractivity contribution in [2.45, 2.75) is 6.92 Å². The van der Waals surface area contributed by atoms with Gasteiger partial charge in [-0.3, -0.25) is 0 Å². The molecule has 0 saturated carbocycles. The molecule has 0 unspecified atom stereocenters. The van der Waals surface area contributed by atoms with Crippen molar-refractivity contribution < 1.29 is 4.39 Å². The highest BCUT2D eigenvalue weighted by molar-refractivity contribution is 7.16. The quantitative estimate of drug-likeness (QED) is 0.849. The molecule has 86 valence electrons. The van der Waals surface area contributed by atoms with Crippen molar-refractivity contribution in [3.63, 3.8) is 0 Å². The second-order valence-electron chi connectivity index (χ2n) is 3.54. The Bertz CT molecular complexity index is 628. The van der Waals surface area contributed by atoms with Gasteiger partial charge < -0.3 is 5.73 Å². The minimum Gasteiger partial charge on any atom is -0.397 e. The molecule has 0 atom stereocenters. The molecule has 0 aliphatic carbocycles. The molecule has 0 bridgehead atoms. The number of hydrogen-bond acceptors (Lipinski definition) is 3. The highest BCUT2D eigenvalue weighted by atomic mass is 35.5. The van der Waals surface area contributed by atoms with Crippen LogP contribution in [0.1, 0.15) is 10.4 Å². The van der Waals surface area contributed by atoms with Crippen LogP contribution < -0.4 is 5.73 Å². The summed E-state index contributed by atoms with van der Waals surface area (Å²) in [5.41, 5.74) is 7.88. The summed E-state index contributed by atoms with van der Waals surface area (Å²) in [5, 5.41) is 8.96. The van der Waals surface area contributed by atoms with Crippen LogP contribution in [0.15, 0.2) is 18.2 Å². The topological polar surface area (TPSA) is 49.8 Å². The van der Waals surface area contributed by atoms with Gasteiger partial charge in [0.25, 0.3) is 0 Å². The van der Waals surface area contributed by atoms with Crippen molar-refractivity contribution in [3.05, 3.63) is 39.5 Å². The van der Waals surface area contributed by atoms with Gasteiger partial charge in [0.2, 0.25) is 0 Å². The molecule has 0 saturated heterocycles. The van der Waals surface area contributed by atoms with E-state index in [2.05, 4.69) is 0 Å². The van der Waals surface area contributed by atoms with Crippen molar-refractivity contribution in [2.24, 2.45) is 0 Å². The highest BCUT2D eigenvalue weighted by Gasteiger charge is 2.14. The summed E-state index contributed by atoms with van der Waals surface area (Å²) in [7, 11) is 0. The van der Waals surface area contributed by atoms with Gasteiger partial charge >= 0.3 is 0 Å². The normalized spacial score (nSPS) is 10.2. The van der Waals surface area contributed by atoms with Crippen molar-refractivity contribution in [2.75, 3.05) is 5.73 Å². The first-order chi connectivity index (χ1) is 8.04. The minimum absolute atomic E-state index is 0.0624. The Morgan fingerprint density at radius 3 is 2.71 bits per heavy atom. The fraction of sp³-hybridized carbons (Fsp3) is 0.0833. The lowest BCUT2D eigenvalue weighted by Crippen LogP contribution is -1.87. The maximum absolute atomic E-state index is 13.1. The lowest BCUT2D eigenvalue weighted by molar-refractivity contribution is 0.628. The van der Waals surface area contributed by atoms with Gasteiger partial charge in [0.15, 0.2) is 0 Å². The third-order valence-corrected chi connectivity index (χ3v) is 4.03. The first-order valence-corrected chi connectivity index (χ1v) is 5.98. The molecular weight excluding hydrogens is 259 g/mol. The van der Waals surface area contributed by atoms with E-state index in [1.54, 1.807) is 6.07 Å². The van der Waals surface area contributed by atoms with Crippen LogP contribution in [0, 0.1) is 24.1 Å². The van der Waals surface area contributed by atoms with Crippen LogP contribution in [0.4, 0.5) is 10.1 Å². The molecule has 0 fully saturated rings. The number of anilines is 1. The van der Waals surface area contributed by atoms with E-state index in [-0.39, 0.29) is 5.02 Å². The number of nitriles is 1.